The van der Waals surface area contributed by atoms with E-state index in [9.17, 15) is 0 Å². The minimum Gasteiger partial charge on any atom is -0.349 e. The summed E-state index contributed by atoms with van der Waals surface area (Å²) in [5.41, 5.74) is 1.58. The van der Waals surface area contributed by atoms with Gasteiger partial charge in [-0.3, -0.25) is 4.98 Å². The third kappa shape index (κ3) is 0.785. The van der Waals surface area contributed by atoms with E-state index in [1.807, 2.05) is 23.9 Å². The average molecular weight is 157 g/mol. The van der Waals surface area contributed by atoms with Crippen LogP contribution in [0.4, 0.5) is 0 Å². The molecule has 0 aliphatic carbocycles. The molecule has 0 saturated heterocycles. The lowest BCUT2D eigenvalue weighted by atomic mass is 10.2. The van der Waals surface area contributed by atoms with Gasteiger partial charge in [0.2, 0.25) is 0 Å². The number of nitrogens with zero attached hydrogens (tertiary/aromatic N) is 3. The highest BCUT2D eigenvalue weighted by atomic mass is 14.9. The highest BCUT2D eigenvalue weighted by molar-refractivity contribution is 5.84. The van der Waals surface area contributed by atoms with Crippen molar-refractivity contribution >= 4 is 10.9 Å². The van der Waals surface area contributed by atoms with E-state index in [2.05, 4.69) is 11.1 Å². The van der Waals surface area contributed by atoms with Gasteiger partial charge in [-0.15, -0.1) is 0 Å². The lowest BCUT2D eigenvalue weighted by Gasteiger charge is -1.96. The molecule has 0 radical (unpaired) electrons. The van der Waals surface area contributed by atoms with Crippen LogP contribution in [-0.4, -0.2) is 9.55 Å². The van der Waals surface area contributed by atoms with E-state index in [4.69, 9.17) is 5.26 Å². The Bertz CT molecular complexity index is 462. The molecule has 2 aromatic heterocycles. The summed E-state index contributed by atoms with van der Waals surface area (Å²) in [5, 5.41) is 9.79. The first-order valence-electron chi connectivity index (χ1n) is 3.62. The zero-order valence-electron chi connectivity index (χ0n) is 6.65. The summed E-state index contributed by atoms with van der Waals surface area (Å²) >= 11 is 0. The van der Waals surface area contributed by atoms with Crippen molar-refractivity contribution in [2.45, 2.75) is 0 Å². The summed E-state index contributed by atoms with van der Waals surface area (Å²) < 4.78 is 1.93. The summed E-state index contributed by atoms with van der Waals surface area (Å²) in [7, 11) is 1.92. The van der Waals surface area contributed by atoms with Crippen LogP contribution in [0.15, 0.2) is 24.7 Å². The SMILES string of the molecule is Cn1ccc2cncc(C#N)c21. The largest absolute Gasteiger partial charge is 0.349 e. The van der Waals surface area contributed by atoms with Crippen molar-refractivity contribution in [3.63, 3.8) is 0 Å². The van der Waals surface area contributed by atoms with Crippen molar-refractivity contribution in [2.75, 3.05) is 0 Å². The van der Waals surface area contributed by atoms with Gasteiger partial charge in [0.1, 0.15) is 6.07 Å². The molecule has 3 heteroatoms. The molecule has 0 bridgehead atoms. The monoisotopic (exact) mass is 157 g/mol. The van der Waals surface area contributed by atoms with Gasteiger partial charge in [0.25, 0.3) is 0 Å². The van der Waals surface area contributed by atoms with Gasteiger partial charge in [-0.1, -0.05) is 0 Å². The minimum atomic E-state index is 0.625. The van der Waals surface area contributed by atoms with Gasteiger partial charge in [-0.2, -0.15) is 5.26 Å². The molecule has 2 rings (SSSR count). The standard InChI is InChI=1S/C9H7N3/c1-12-3-2-7-5-11-6-8(4-10)9(7)12/h2-3,5-6H,1H3. The van der Waals surface area contributed by atoms with Gasteiger partial charge in [0, 0.05) is 31.0 Å². The number of pyridine rings is 1. The molecule has 2 aromatic rings. The molecule has 58 valence electrons. The Morgan fingerprint density at radius 1 is 1.50 bits per heavy atom. The Morgan fingerprint density at radius 2 is 2.33 bits per heavy atom. The third-order valence-corrected chi connectivity index (χ3v) is 1.90. The number of aromatic nitrogens is 2. The Balaban J connectivity index is 2.96. The van der Waals surface area contributed by atoms with Crippen molar-refractivity contribution in [3.05, 3.63) is 30.2 Å². The summed E-state index contributed by atoms with van der Waals surface area (Å²) in [6.07, 6.45) is 5.27. The molecule has 0 spiro atoms. The van der Waals surface area contributed by atoms with Crippen LogP contribution < -0.4 is 0 Å². The maximum absolute atomic E-state index is 8.78. The molecule has 0 aromatic carbocycles. The number of hydrogen-bond acceptors (Lipinski definition) is 2. The highest BCUT2D eigenvalue weighted by Gasteiger charge is 2.02. The molecule has 0 fully saturated rings. The number of nitriles is 1. The second-order valence-corrected chi connectivity index (χ2v) is 2.66. The number of hydrogen-bond donors (Lipinski definition) is 0. The first-order valence-corrected chi connectivity index (χ1v) is 3.62. The summed E-state index contributed by atoms with van der Waals surface area (Å²) in [6, 6.07) is 4.06. The Labute approximate surface area is 69.9 Å². The molecule has 0 N–H and O–H groups in total. The molecule has 0 atom stereocenters. The van der Waals surface area contributed by atoms with Crippen LogP contribution >= 0.6 is 0 Å². The second-order valence-electron chi connectivity index (χ2n) is 2.66. The molecule has 0 unspecified atom stereocenters. The van der Waals surface area contributed by atoms with Crippen LogP contribution in [0.1, 0.15) is 5.56 Å². The van der Waals surface area contributed by atoms with Crippen molar-refractivity contribution < 1.29 is 0 Å². The van der Waals surface area contributed by atoms with Crippen molar-refractivity contribution in [1.82, 2.24) is 9.55 Å². The van der Waals surface area contributed by atoms with Crippen LogP contribution in [0.5, 0.6) is 0 Å². The van der Waals surface area contributed by atoms with E-state index in [1.165, 1.54) is 0 Å². The third-order valence-electron chi connectivity index (χ3n) is 1.90. The van der Waals surface area contributed by atoms with E-state index in [0.717, 1.165) is 10.9 Å². The molecule has 3 nitrogen and oxygen atoms in total. The lowest BCUT2D eigenvalue weighted by Crippen LogP contribution is -1.88. The normalized spacial score (nSPS) is 10.0. The van der Waals surface area contributed by atoms with Gasteiger partial charge >= 0.3 is 0 Å². The van der Waals surface area contributed by atoms with Crippen LogP contribution in [0.25, 0.3) is 10.9 Å². The van der Waals surface area contributed by atoms with Crippen LogP contribution in [-0.2, 0) is 7.05 Å². The second kappa shape index (κ2) is 2.35. The van der Waals surface area contributed by atoms with Crippen LogP contribution in [0, 0.1) is 11.3 Å². The summed E-state index contributed by atoms with van der Waals surface area (Å²) in [5.74, 6) is 0. The van der Waals surface area contributed by atoms with E-state index < -0.39 is 0 Å². The van der Waals surface area contributed by atoms with Crippen molar-refractivity contribution in [2.24, 2.45) is 7.05 Å². The van der Waals surface area contributed by atoms with Crippen LogP contribution in [0.2, 0.25) is 0 Å². The fraction of sp³-hybridized carbons (Fsp3) is 0.111. The van der Waals surface area contributed by atoms with Gasteiger partial charge in [-0.05, 0) is 6.07 Å². The maximum Gasteiger partial charge on any atom is 0.103 e. The van der Waals surface area contributed by atoms with Gasteiger partial charge in [-0.25, -0.2) is 0 Å². The van der Waals surface area contributed by atoms with E-state index in [0.29, 0.717) is 5.56 Å². The Hall–Kier alpha value is -1.82. The zero-order valence-corrected chi connectivity index (χ0v) is 6.65. The molecular formula is C9H7N3. The van der Waals surface area contributed by atoms with Crippen molar-refractivity contribution in [1.29, 1.82) is 5.26 Å². The van der Waals surface area contributed by atoms with Gasteiger partial charge in [0.05, 0.1) is 11.1 Å². The molecule has 0 saturated carbocycles. The van der Waals surface area contributed by atoms with Gasteiger partial charge in [0.15, 0.2) is 0 Å². The molecule has 0 aliphatic heterocycles. The quantitative estimate of drug-likeness (QED) is 0.580. The fourth-order valence-electron chi connectivity index (χ4n) is 1.33. The van der Waals surface area contributed by atoms with E-state index >= 15 is 0 Å². The van der Waals surface area contributed by atoms with Crippen molar-refractivity contribution in [3.8, 4) is 6.07 Å². The van der Waals surface area contributed by atoms with Gasteiger partial charge < -0.3 is 4.57 Å². The minimum absolute atomic E-state index is 0.625. The molecular weight excluding hydrogens is 150 g/mol. The predicted molar refractivity (Wildman–Crippen MR) is 45.4 cm³/mol. The Kier molecular flexibility index (Phi) is 1.34. The smallest absolute Gasteiger partial charge is 0.103 e. The topological polar surface area (TPSA) is 41.6 Å². The van der Waals surface area contributed by atoms with Crippen LogP contribution in [0.3, 0.4) is 0 Å². The molecule has 2 heterocycles. The predicted octanol–water partition coefficient (Wildman–Crippen LogP) is 1.44. The van der Waals surface area contributed by atoms with E-state index in [-0.39, 0.29) is 0 Å². The average Bonchev–Trinajstić information content (AvgIpc) is 2.48. The highest BCUT2D eigenvalue weighted by Crippen LogP contribution is 2.16. The molecule has 0 aliphatic rings. The zero-order chi connectivity index (χ0) is 8.55. The van der Waals surface area contributed by atoms with E-state index in [1.54, 1.807) is 12.4 Å². The molecule has 0 amide bonds. The lowest BCUT2D eigenvalue weighted by molar-refractivity contribution is 0.966. The number of rotatable bonds is 0. The number of fused-ring (bicyclic) bond motifs is 1. The molecule has 12 heavy (non-hydrogen) atoms. The summed E-state index contributed by atoms with van der Waals surface area (Å²) in [6.45, 7) is 0. The first-order chi connectivity index (χ1) is 5.83. The summed E-state index contributed by atoms with van der Waals surface area (Å²) in [4.78, 5) is 3.96. The maximum atomic E-state index is 8.78. The fourth-order valence-corrected chi connectivity index (χ4v) is 1.33. The first kappa shape index (κ1) is 6.86. The number of aryl methyl sites for hydroxylation is 1. The Morgan fingerprint density at radius 3 is 3.08 bits per heavy atom.